The first kappa shape index (κ1) is 26.9. The zero-order valence-corrected chi connectivity index (χ0v) is 19.0. The van der Waals surface area contributed by atoms with Crippen LogP contribution in [0.3, 0.4) is 0 Å². The van der Waals surface area contributed by atoms with E-state index in [1.807, 2.05) is 5.92 Å². The van der Waals surface area contributed by atoms with Crippen molar-refractivity contribution < 1.29 is 60.6 Å². The Morgan fingerprint density at radius 3 is 2.41 bits per heavy atom. The van der Waals surface area contributed by atoms with Gasteiger partial charge in [-0.3, -0.25) is 4.52 Å². The Morgan fingerprint density at radius 1 is 1.28 bits per heavy atom. The van der Waals surface area contributed by atoms with E-state index in [4.69, 9.17) is 25.8 Å². The minimum atomic E-state index is -5.78. The van der Waals surface area contributed by atoms with Gasteiger partial charge in [0.25, 0.3) is 0 Å². The lowest BCUT2D eigenvalue weighted by Gasteiger charge is -2.35. The molecule has 0 aliphatic carbocycles. The second kappa shape index (κ2) is 9.12. The molecule has 0 amide bonds. The van der Waals surface area contributed by atoms with Crippen molar-refractivity contribution in [2.24, 2.45) is 0 Å². The zero-order valence-electron chi connectivity index (χ0n) is 16.3. The van der Waals surface area contributed by atoms with E-state index in [2.05, 4.69) is 31.6 Å². The molecule has 0 aromatic heterocycles. The maximum Gasteiger partial charge on any atom is 0.490 e. The van der Waals surface area contributed by atoms with Crippen LogP contribution < -0.4 is 5.32 Å². The minimum absolute atomic E-state index is 0.112. The summed E-state index contributed by atoms with van der Waals surface area (Å²) in [5.74, 6) is 2.02. The monoisotopic (exact) mass is 520 g/mol. The number of aliphatic hydroxyl groups excluding tert-OH is 1. The molecule has 0 radical (unpaired) electrons. The fourth-order valence-corrected chi connectivity index (χ4v) is 5.71. The molecule has 2 aliphatic heterocycles. The summed E-state index contributed by atoms with van der Waals surface area (Å²) < 4.78 is 65.8. The number of ether oxygens (including phenoxy) is 1. The molecule has 2 aliphatic rings. The molecule has 14 nitrogen and oxygen atoms in total. The van der Waals surface area contributed by atoms with E-state index in [0.717, 1.165) is 4.90 Å². The number of halogens is 1. The van der Waals surface area contributed by atoms with Crippen molar-refractivity contribution in [2.45, 2.75) is 31.0 Å². The highest BCUT2D eigenvalue weighted by atomic mass is 31.3. The lowest BCUT2D eigenvalue weighted by atomic mass is 9.98. The maximum atomic E-state index is 14.9. The molecular formula is C14H20FN2O12P3. The molecule has 1 saturated heterocycles. The summed E-state index contributed by atoms with van der Waals surface area (Å²) in [5.41, 5.74) is -1.35. The van der Waals surface area contributed by atoms with Gasteiger partial charge in [-0.25, -0.2) is 18.1 Å². The zero-order chi connectivity index (χ0) is 24.7. The van der Waals surface area contributed by atoms with Crippen LogP contribution in [0.25, 0.3) is 0 Å². The predicted molar refractivity (Wildman–Crippen MR) is 104 cm³/mol. The number of allylic oxidation sites excluding steroid dienone is 1. The van der Waals surface area contributed by atoms with Gasteiger partial charge in [0, 0.05) is 11.9 Å². The summed E-state index contributed by atoms with van der Waals surface area (Å²) in [5, 5.41) is 13.1. The van der Waals surface area contributed by atoms with Crippen molar-refractivity contribution in [1.29, 1.82) is 0 Å². The Labute approximate surface area is 181 Å². The van der Waals surface area contributed by atoms with Crippen LogP contribution in [0.4, 0.5) is 4.39 Å². The van der Waals surface area contributed by atoms with Crippen molar-refractivity contribution in [1.82, 2.24) is 10.2 Å². The van der Waals surface area contributed by atoms with Crippen molar-refractivity contribution in [3.8, 4) is 12.3 Å². The van der Waals surface area contributed by atoms with E-state index >= 15 is 0 Å². The molecule has 0 spiro atoms. The third-order valence-electron chi connectivity index (χ3n) is 4.17. The highest BCUT2D eigenvalue weighted by Crippen LogP contribution is 2.66. The molecule has 2 rings (SSSR count). The average molecular weight is 520 g/mol. The topological polar surface area (TPSA) is 205 Å². The fraction of sp³-hybridized carbons (Fsp3) is 0.429. The van der Waals surface area contributed by atoms with Crippen LogP contribution in [0.15, 0.2) is 36.4 Å². The van der Waals surface area contributed by atoms with Gasteiger partial charge in [-0.05, 0) is 12.5 Å². The Hall–Kier alpha value is -1.36. The first-order valence-electron chi connectivity index (χ1n) is 8.30. The molecule has 180 valence electrons. The molecule has 6 atom stereocenters. The predicted octanol–water partition coefficient (Wildman–Crippen LogP) is 0.551. The Balaban J connectivity index is 2.20. The number of nitrogens with zero attached hydrogens (tertiary/aromatic N) is 1. The van der Waals surface area contributed by atoms with Crippen LogP contribution in [0.5, 0.6) is 0 Å². The second-order valence-corrected chi connectivity index (χ2v) is 11.0. The Kier molecular flexibility index (Phi) is 7.66. The molecule has 6 N–H and O–H groups in total. The number of rotatable bonds is 8. The molecule has 18 heteroatoms. The molecular weight excluding hydrogens is 500 g/mol. The lowest BCUT2D eigenvalue weighted by Crippen LogP contribution is -2.44. The molecule has 0 saturated carbocycles. The number of phosphoric acid groups is 3. The summed E-state index contributed by atoms with van der Waals surface area (Å²) in [7, 11) is -17.0. The van der Waals surface area contributed by atoms with Gasteiger partial charge >= 0.3 is 23.5 Å². The summed E-state index contributed by atoms with van der Waals surface area (Å²) in [6.07, 6.45) is 0.848. The highest BCUT2D eigenvalue weighted by Gasteiger charge is 2.58. The van der Waals surface area contributed by atoms with E-state index < -0.39 is 54.2 Å². The van der Waals surface area contributed by atoms with E-state index in [9.17, 15) is 28.1 Å². The lowest BCUT2D eigenvalue weighted by molar-refractivity contribution is -0.0996. The molecule has 0 aromatic rings. The van der Waals surface area contributed by atoms with Crippen molar-refractivity contribution in [2.75, 3.05) is 6.61 Å². The van der Waals surface area contributed by atoms with E-state index in [1.54, 1.807) is 6.92 Å². The van der Waals surface area contributed by atoms with Crippen LogP contribution in [0.1, 0.15) is 6.92 Å². The van der Waals surface area contributed by atoms with Gasteiger partial charge in [-0.1, -0.05) is 19.1 Å². The van der Waals surface area contributed by atoms with Crippen LogP contribution in [-0.2, 0) is 31.6 Å². The molecule has 32 heavy (non-hydrogen) atoms. The van der Waals surface area contributed by atoms with Gasteiger partial charge in [-0.2, -0.15) is 8.62 Å². The third-order valence-corrected chi connectivity index (χ3v) is 7.96. The summed E-state index contributed by atoms with van der Waals surface area (Å²) in [4.78, 5) is 36.9. The van der Waals surface area contributed by atoms with Crippen molar-refractivity contribution in [3.05, 3.63) is 36.4 Å². The van der Waals surface area contributed by atoms with Crippen molar-refractivity contribution in [3.63, 3.8) is 0 Å². The SMILES string of the molecule is C#C[C@]1(COP(=O)(O)OP(=O)(O)OP(=O)(O)O)O[C@@H](N2C=C(C)C(=C)NC2=C)C(F)[C@H]1O. The second-order valence-electron chi connectivity index (χ2n) is 6.57. The first-order valence-corrected chi connectivity index (χ1v) is 12.8. The summed E-state index contributed by atoms with van der Waals surface area (Å²) in [6.45, 7) is 7.78. The minimum Gasteiger partial charge on any atom is -0.386 e. The standard InChI is InChI=1S/C14H20FN2O12P3/c1-5-14(7-26-31(22,23)29-32(24,25)28-30(19,20)21)12(18)11(15)13(27-14)17-6-8(2)9(3)16-10(17)4/h1,6,11-13,16,18H,3-4,7H2,2H3,(H,22,23)(H,24,25)(H2,19,20,21)/t11?,12-,13-,14-/m1/s1. The fourth-order valence-electron chi connectivity index (χ4n) is 2.66. The van der Waals surface area contributed by atoms with Gasteiger partial charge in [0.05, 0.1) is 0 Å². The largest absolute Gasteiger partial charge is 0.490 e. The molecule has 0 aromatic carbocycles. The Morgan fingerprint density at radius 2 is 1.88 bits per heavy atom. The number of terminal acetylenes is 1. The number of hydrogen-bond donors (Lipinski definition) is 6. The summed E-state index contributed by atoms with van der Waals surface area (Å²) >= 11 is 0. The van der Waals surface area contributed by atoms with E-state index in [1.165, 1.54) is 6.20 Å². The number of phosphoric ester groups is 1. The van der Waals surface area contributed by atoms with Gasteiger partial charge in [0.1, 0.15) is 18.5 Å². The van der Waals surface area contributed by atoms with Crippen LogP contribution in [0.2, 0.25) is 0 Å². The average Bonchev–Trinajstić information content (AvgIpc) is 2.85. The molecule has 0 bridgehead atoms. The number of hydrogen-bond acceptors (Lipinski definition) is 10. The maximum absolute atomic E-state index is 14.9. The van der Waals surface area contributed by atoms with Gasteiger partial charge < -0.3 is 39.6 Å². The van der Waals surface area contributed by atoms with Gasteiger partial charge in [0.2, 0.25) is 0 Å². The number of aliphatic hydroxyl groups is 1. The van der Waals surface area contributed by atoms with Crippen LogP contribution in [0, 0.1) is 12.3 Å². The third kappa shape index (κ3) is 6.15. The quantitative estimate of drug-likeness (QED) is 0.191. The van der Waals surface area contributed by atoms with E-state index in [0.29, 0.717) is 11.3 Å². The molecule has 2 heterocycles. The van der Waals surface area contributed by atoms with Crippen LogP contribution >= 0.6 is 23.5 Å². The van der Waals surface area contributed by atoms with Crippen molar-refractivity contribution >= 4 is 23.5 Å². The smallest absolute Gasteiger partial charge is 0.386 e. The normalized spacial score (nSPS) is 32.5. The first-order chi connectivity index (χ1) is 14.4. The summed E-state index contributed by atoms with van der Waals surface area (Å²) in [6, 6.07) is 0. The molecule has 3 unspecified atom stereocenters. The number of alkyl halides is 1. The Bertz CT molecular complexity index is 1020. The van der Waals surface area contributed by atoms with Gasteiger partial charge in [-0.15, -0.1) is 6.42 Å². The van der Waals surface area contributed by atoms with E-state index in [-0.39, 0.29) is 5.82 Å². The molecule has 1 fully saturated rings. The van der Waals surface area contributed by atoms with Gasteiger partial charge in [0.15, 0.2) is 18.0 Å². The highest BCUT2D eigenvalue weighted by molar-refractivity contribution is 7.66. The number of nitrogens with one attached hydrogen (secondary N) is 1. The van der Waals surface area contributed by atoms with Crippen LogP contribution in [-0.4, -0.2) is 60.3 Å².